The summed E-state index contributed by atoms with van der Waals surface area (Å²) in [5.74, 6) is 0.609. The van der Waals surface area contributed by atoms with Crippen LogP contribution in [0.15, 0.2) is 0 Å². The lowest BCUT2D eigenvalue weighted by molar-refractivity contribution is -0.147. The van der Waals surface area contributed by atoms with Gasteiger partial charge in [0.05, 0.1) is 7.11 Å². The molecule has 3 nitrogen and oxygen atoms in total. The number of rotatable bonds is 3. The van der Waals surface area contributed by atoms with Crippen LogP contribution >= 0.6 is 0 Å². The molecule has 0 amide bonds. The van der Waals surface area contributed by atoms with Crippen molar-refractivity contribution in [2.45, 2.75) is 45.2 Å². The van der Waals surface area contributed by atoms with Crippen LogP contribution < -0.4 is 5.32 Å². The van der Waals surface area contributed by atoms with Gasteiger partial charge in [0.25, 0.3) is 0 Å². The molecule has 1 aliphatic rings. The van der Waals surface area contributed by atoms with Crippen LogP contribution in [-0.2, 0) is 9.53 Å². The molecule has 13 heavy (non-hydrogen) atoms. The Labute approximate surface area is 79.8 Å². The van der Waals surface area contributed by atoms with E-state index >= 15 is 0 Å². The van der Waals surface area contributed by atoms with E-state index in [0.717, 1.165) is 5.92 Å². The van der Waals surface area contributed by atoms with Crippen molar-refractivity contribution in [2.75, 3.05) is 7.11 Å². The Balaban J connectivity index is 2.38. The van der Waals surface area contributed by atoms with Gasteiger partial charge >= 0.3 is 5.97 Å². The van der Waals surface area contributed by atoms with E-state index in [1.54, 1.807) is 0 Å². The number of esters is 1. The minimum Gasteiger partial charge on any atom is -0.468 e. The molecule has 0 saturated heterocycles. The van der Waals surface area contributed by atoms with E-state index in [4.69, 9.17) is 4.74 Å². The summed E-state index contributed by atoms with van der Waals surface area (Å²) in [6.07, 6.45) is 2.33. The highest BCUT2D eigenvalue weighted by Crippen LogP contribution is 2.28. The Bertz CT molecular complexity index is 195. The third-order valence-electron chi connectivity index (χ3n) is 2.63. The molecule has 0 aliphatic heterocycles. The first-order valence-electron chi connectivity index (χ1n) is 4.82. The second-order valence-corrected chi connectivity index (χ2v) is 4.53. The number of hydrogen-bond donors (Lipinski definition) is 1. The average molecular weight is 185 g/mol. The number of nitrogens with one attached hydrogen (secondary N) is 1. The van der Waals surface area contributed by atoms with E-state index in [0.29, 0.717) is 6.04 Å². The van der Waals surface area contributed by atoms with Gasteiger partial charge in [-0.15, -0.1) is 0 Å². The van der Waals surface area contributed by atoms with Gasteiger partial charge in [-0.3, -0.25) is 10.1 Å². The zero-order valence-corrected chi connectivity index (χ0v) is 8.89. The molecule has 0 bridgehead atoms. The number of hydrogen-bond acceptors (Lipinski definition) is 3. The molecule has 0 spiro atoms. The van der Waals surface area contributed by atoms with Crippen molar-refractivity contribution in [3.8, 4) is 0 Å². The normalized spacial score (nSPS) is 28.0. The van der Waals surface area contributed by atoms with Gasteiger partial charge in [0, 0.05) is 6.04 Å². The fourth-order valence-electron chi connectivity index (χ4n) is 1.84. The fraction of sp³-hybridized carbons (Fsp3) is 0.900. The minimum atomic E-state index is -0.542. The molecular formula is C10H19NO2. The monoisotopic (exact) mass is 185 g/mol. The van der Waals surface area contributed by atoms with Crippen LogP contribution in [0, 0.1) is 5.92 Å². The quantitative estimate of drug-likeness (QED) is 0.674. The highest BCUT2D eigenvalue weighted by Gasteiger charge is 2.35. The first-order valence-corrected chi connectivity index (χ1v) is 4.82. The fourth-order valence-corrected chi connectivity index (χ4v) is 1.84. The smallest absolute Gasteiger partial charge is 0.325 e. The maximum atomic E-state index is 11.3. The van der Waals surface area contributed by atoms with Crippen molar-refractivity contribution >= 4 is 5.97 Å². The van der Waals surface area contributed by atoms with Crippen LogP contribution in [0.3, 0.4) is 0 Å². The van der Waals surface area contributed by atoms with Crippen molar-refractivity contribution in [3.63, 3.8) is 0 Å². The molecule has 0 atom stereocenters. The molecule has 0 aromatic rings. The summed E-state index contributed by atoms with van der Waals surface area (Å²) in [6, 6.07) is 0.490. The molecule has 0 heterocycles. The molecule has 76 valence electrons. The van der Waals surface area contributed by atoms with E-state index < -0.39 is 5.54 Å². The molecule has 1 saturated carbocycles. The van der Waals surface area contributed by atoms with Crippen LogP contribution in [0.4, 0.5) is 0 Å². The van der Waals surface area contributed by atoms with Crippen molar-refractivity contribution in [2.24, 2.45) is 5.92 Å². The number of carbonyl (C=O) groups excluding carboxylic acids is 1. The lowest BCUT2D eigenvalue weighted by Crippen LogP contribution is -2.55. The number of ether oxygens (including phenoxy) is 1. The molecule has 3 heteroatoms. The first-order chi connectivity index (χ1) is 5.95. The van der Waals surface area contributed by atoms with Crippen LogP contribution in [0.25, 0.3) is 0 Å². The van der Waals surface area contributed by atoms with Gasteiger partial charge in [-0.2, -0.15) is 0 Å². The Morgan fingerprint density at radius 3 is 2.38 bits per heavy atom. The second kappa shape index (κ2) is 3.66. The minimum absolute atomic E-state index is 0.188. The summed E-state index contributed by atoms with van der Waals surface area (Å²) >= 11 is 0. The second-order valence-electron chi connectivity index (χ2n) is 4.53. The third-order valence-corrected chi connectivity index (χ3v) is 2.63. The summed E-state index contributed by atoms with van der Waals surface area (Å²) in [4.78, 5) is 11.3. The zero-order valence-electron chi connectivity index (χ0n) is 8.89. The number of methoxy groups -OCH3 is 1. The van der Waals surface area contributed by atoms with Crippen molar-refractivity contribution in [1.82, 2.24) is 5.32 Å². The highest BCUT2D eigenvalue weighted by atomic mass is 16.5. The summed E-state index contributed by atoms with van der Waals surface area (Å²) in [5.41, 5.74) is -0.542. The van der Waals surface area contributed by atoms with Gasteiger partial charge in [-0.25, -0.2) is 0 Å². The van der Waals surface area contributed by atoms with Crippen LogP contribution in [-0.4, -0.2) is 24.7 Å². The topological polar surface area (TPSA) is 38.3 Å². The maximum absolute atomic E-state index is 11.3. The van der Waals surface area contributed by atoms with E-state index in [9.17, 15) is 4.79 Å². The molecule has 0 unspecified atom stereocenters. The third kappa shape index (κ3) is 2.44. The predicted octanol–water partition coefficient (Wildman–Crippen LogP) is 1.33. The molecular weight excluding hydrogens is 166 g/mol. The first kappa shape index (κ1) is 10.5. The van der Waals surface area contributed by atoms with Crippen LogP contribution in [0.1, 0.15) is 33.6 Å². The lowest BCUT2D eigenvalue weighted by Gasteiger charge is -2.38. The van der Waals surface area contributed by atoms with E-state index in [2.05, 4.69) is 12.2 Å². The van der Waals surface area contributed by atoms with Gasteiger partial charge in [0.1, 0.15) is 5.54 Å². The molecule has 0 aromatic heterocycles. The Hall–Kier alpha value is -0.570. The molecule has 1 aliphatic carbocycles. The van der Waals surface area contributed by atoms with Crippen LogP contribution in [0.5, 0.6) is 0 Å². The van der Waals surface area contributed by atoms with Gasteiger partial charge < -0.3 is 4.74 Å². The standard InChI is InChI=1S/C10H19NO2/c1-7-5-8(6-7)11-10(2,3)9(12)13-4/h7-8,11H,5-6H2,1-4H3. The Kier molecular flexibility index (Phi) is 2.96. The Morgan fingerprint density at radius 1 is 1.46 bits per heavy atom. The summed E-state index contributed by atoms with van der Waals surface area (Å²) in [6.45, 7) is 5.95. The predicted molar refractivity (Wildman–Crippen MR) is 51.4 cm³/mol. The van der Waals surface area contributed by atoms with Gasteiger partial charge in [0.2, 0.25) is 0 Å². The van der Waals surface area contributed by atoms with Gasteiger partial charge in [-0.1, -0.05) is 6.92 Å². The molecule has 1 N–H and O–H groups in total. The van der Waals surface area contributed by atoms with Crippen LogP contribution in [0.2, 0.25) is 0 Å². The molecule has 1 rings (SSSR count). The average Bonchev–Trinajstić information content (AvgIpc) is 1.99. The van der Waals surface area contributed by atoms with Crippen molar-refractivity contribution in [1.29, 1.82) is 0 Å². The molecule has 0 aromatic carbocycles. The highest BCUT2D eigenvalue weighted by molar-refractivity contribution is 5.79. The SMILES string of the molecule is COC(=O)C(C)(C)NC1CC(C)C1. The number of carbonyl (C=O) groups is 1. The lowest BCUT2D eigenvalue weighted by atomic mass is 9.80. The van der Waals surface area contributed by atoms with E-state index in [1.165, 1.54) is 20.0 Å². The van der Waals surface area contributed by atoms with E-state index in [1.807, 2.05) is 13.8 Å². The van der Waals surface area contributed by atoms with Crippen molar-refractivity contribution < 1.29 is 9.53 Å². The Morgan fingerprint density at radius 2 is 2.00 bits per heavy atom. The van der Waals surface area contributed by atoms with Crippen molar-refractivity contribution in [3.05, 3.63) is 0 Å². The molecule has 1 fully saturated rings. The van der Waals surface area contributed by atoms with E-state index in [-0.39, 0.29) is 5.97 Å². The largest absolute Gasteiger partial charge is 0.468 e. The summed E-state index contributed by atoms with van der Waals surface area (Å²) in [7, 11) is 1.43. The maximum Gasteiger partial charge on any atom is 0.325 e. The zero-order chi connectivity index (χ0) is 10.1. The summed E-state index contributed by atoms with van der Waals surface area (Å²) in [5, 5.41) is 3.30. The molecule has 0 radical (unpaired) electrons. The summed E-state index contributed by atoms with van der Waals surface area (Å²) < 4.78 is 4.71. The van der Waals surface area contributed by atoms with Gasteiger partial charge in [-0.05, 0) is 32.6 Å². The van der Waals surface area contributed by atoms with Gasteiger partial charge in [0.15, 0.2) is 0 Å².